The predicted octanol–water partition coefficient (Wildman–Crippen LogP) is 1.36. The van der Waals surface area contributed by atoms with Crippen molar-refractivity contribution in [1.82, 2.24) is 15.1 Å². The number of piperazine rings is 1. The van der Waals surface area contributed by atoms with Crippen LogP contribution in [0.1, 0.15) is 24.1 Å². The molecule has 22 heavy (non-hydrogen) atoms. The Hall–Kier alpha value is -1.11. The van der Waals surface area contributed by atoms with Crippen molar-refractivity contribution in [3.8, 4) is 0 Å². The highest BCUT2D eigenvalue weighted by molar-refractivity contribution is 7.09. The molecule has 2 N–H and O–H groups in total. The maximum absolute atomic E-state index is 10.2. The Bertz CT molecular complexity index is 490. The normalized spacial score (nSPS) is 22.5. The zero-order chi connectivity index (χ0) is 15.4. The second-order valence-electron chi connectivity index (χ2n) is 6.32. The SMILES string of the molecule is CN=C(NCC1(O)CCC1)N1CCN(Cc2cccs2)CC1. The number of nitrogens with zero attached hydrogens (tertiary/aromatic N) is 3. The van der Waals surface area contributed by atoms with E-state index < -0.39 is 5.60 Å². The quantitative estimate of drug-likeness (QED) is 0.649. The number of aliphatic hydroxyl groups is 1. The van der Waals surface area contributed by atoms with E-state index in [1.54, 1.807) is 0 Å². The molecule has 0 unspecified atom stereocenters. The van der Waals surface area contributed by atoms with Gasteiger partial charge in [-0.15, -0.1) is 11.3 Å². The summed E-state index contributed by atoms with van der Waals surface area (Å²) in [4.78, 5) is 10.6. The summed E-state index contributed by atoms with van der Waals surface area (Å²) in [5.74, 6) is 0.927. The average molecular weight is 322 g/mol. The molecule has 6 heteroatoms. The molecule has 1 saturated carbocycles. The number of thiophene rings is 1. The second kappa shape index (κ2) is 6.98. The highest BCUT2D eigenvalue weighted by Crippen LogP contribution is 2.30. The summed E-state index contributed by atoms with van der Waals surface area (Å²) in [5.41, 5.74) is -0.503. The largest absolute Gasteiger partial charge is 0.388 e. The lowest BCUT2D eigenvalue weighted by atomic mass is 9.80. The lowest BCUT2D eigenvalue weighted by Crippen LogP contribution is -2.55. The molecular formula is C16H26N4OS. The summed E-state index contributed by atoms with van der Waals surface area (Å²) in [6.07, 6.45) is 2.95. The van der Waals surface area contributed by atoms with E-state index in [1.165, 1.54) is 4.88 Å². The van der Waals surface area contributed by atoms with Gasteiger partial charge in [-0.2, -0.15) is 0 Å². The maximum atomic E-state index is 10.2. The molecule has 122 valence electrons. The molecule has 1 aromatic heterocycles. The number of hydrogen-bond acceptors (Lipinski definition) is 4. The van der Waals surface area contributed by atoms with Crippen LogP contribution in [-0.4, -0.2) is 66.2 Å². The Kier molecular flexibility index (Phi) is 5.00. The average Bonchev–Trinajstić information content (AvgIpc) is 3.00. The van der Waals surface area contributed by atoms with Crippen molar-refractivity contribution in [3.05, 3.63) is 22.4 Å². The number of aliphatic imine (C=N–C) groups is 1. The van der Waals surface area contributed by atoms with Crippen molar-refractivity contribution >= 4 is 17.3 Å². The van der Waals surface area contributed by atoms with Crippen LogP contribution < -0.4 is 5.32 Å². The van der Waals surface area contributed by atoms with Crippen LogP contribution in [0.3, 0.4) is 0 Å². The summed E-state index contributed by atoms with van der Waals surface area (Å²) in [6, 6.07) is 4.32. The van der Waals surface area contributed by atoms with Gasteiger partial charge in [-0.05, 0) is 30.7 Å². The Morgan fingerprint density at radius 3 is 2.68 bits per heavy atom. The molecule has 0 radical (unpaired) electrons. The molecule has 2 aliphatic rings. The van der Waals surface area contributed by atoms with E-state index in [1.807, 2.05) is 18.4 Å². The van der Waals surface area contributed by atoms with E-state index in [9.17, 15) is 5.11 Å². The monoisotopic (exact) mass is 322 g/mol. The van der Waals surface area contributed by atoms with Gasteiger partial charge in [0.1, 0.15) is 0 Å². The third kappa shape index (κ3) is 3.80. The first-order chi connectivity index (χ1) is 10.7. The van der Waals surface area contributed by atoms with Crippen LogP contribution in [0, 0.1) is 0 Å². The Morgan fingerprint density at radius 2 is 2.14 bits per heavy atom. The van der Waals surface area contributed by atoms with Crippen molar-refractivity contribution in [2.45, 2.75) is 31.4 Å². The van der Waals surface area contributed by atoms with Crippen LogP contribution in [0.5, 0.6) is 0 Å². The van der Waals surface area contributed by atoms with Crippen molar-refractivity contribution in [1.29, 1.82) is 0 Å². The van der Waals surface area contributed by atoms with Crippen LogP contribution in [0.25, 0.3) is 0 Å². The van der Waals surface area contributed by atoms with E-state index >= 15 is 0 Å². The summed E-state index contributed by atoms with van der Waals surface area (Å²) >= 11 is 1.83. The molecule has 0 spiro atoms. The van der Waals surface area contributed by atoms with Crippen LogP contribution in [-0.2, 0) is 6.54 Å². The van der Waals surface area contributed by atoms with Gasteiger partial charge < -0.3 is 15.3 Å². The van der Waals surface area contributed by atoms with Crippen LogP contribution >= 0.6 is 11.3 Å². The third-order valence-corrected chi connectivity index (χ3v) is 5.56. The molecule has 1 aromatic rings. The van der Waals surface area contributed by atoms with Gasteiger partial charge in [0.05, 0.1) is 5.60 Å². The molecule has 0 aromatic carbocycles. The minimum atomic E-state index is -0.503. The second-order valence-corrected chi connectivity index (χ2v) is 7.35. The molecule has 1 aliphatic carbocycles. The molecule has 2 fully saturated rings. The van der Waals surface area contributed by atoms with E-state index in [2.05, 4.69) is 37.6 Å². The van der Waals surface area contributed by atoms with Gasteiger partial charge in [0.2, 0.25) is 0 Å². The van der Waals surface area contributed by atoms with Crippen LogP contribution in [0.2, 0.25) is 0 Å². The standard InChI is InChI=1S/C16H26N4OS/c1-17-15(18-13-16(21)5-3-6-16)20-9-7-19(8-10-20)12-14-4-2-11-22-14/h2,4,11,21H,3,5-10,12-13H2,1H3,(H,17,18). The molecule has 0 atom stereocenters. The molecule has 1 saturated heterocycles. The smallest absolute Gasteiger partial charge is 0.193 e. The van der Waals surface area contributed by atoms with Crippen molar-refractivity contribution in [2.24, 2.45) is 4.99 Å². The molecule has 3 rings (SSSR count). The minimum absolute atomic E-state index is 0.503. The van der Waals surface area contributed by atoms with E-state index in [0.29, 0.717) is 6.54 Å². The molecule has 0 bridgehead atoms. The first-order valence-electron chi connectivity index (χ1n) is 8.11. The highest BCUT2D eigenvalue weighted by Gasteiger charge is 2.34. The molecule has 2 heterocycles. The topological polar surface area (TPSA) is 51.1 Å². The fourth-order valence-electron chi connectivity index (χ4n) is 3.08. The molecular weight excluding hydrogens is 296 g/mol. The maximum Gasteiger partial charge on any atom is 0.193 e. The summed E-state index contributed by atoms with van der Waals surface area (Å²) in [6.45, 7) is 5.77. The minimum Gasteiger partial charge on any atom is -0.388 e. The van der Waals surface area contributed by atoms with Gasteiger partial charge in [-0.25, -0.2) is 0 Å². The number of nitrogens with one attached hydrogen (secondary N) is 1. The van der Waals surface area contributed by atoms with E-state index in [-0.39, 0.29) is 0 Å². The Labute approximate surface area is 136 Å². The predicted molar refractivity (Wildman–Crippen MR) is 91.3 cm³/mol. The first-order valence-corrected chi connectivity index (χ1v) is 8.99. The zero-order valence-corrected chi connectivity index (χ0v) is 14.1. The summed E-state index contributed by atoms with van der Waals surface area (Å²) in [5, 5.41) is 15.7. The van der Waals surface area contributed by atoms with Gasteiger partial charge in [-0.1, -0.05) is 6.07 Å². The first kappa shape index (κ1) is 15.8. The summed E-state index contributed by atoms with van der Waals surface area (Å²) in [7, 11) is 1.82. The highest BCUT2D eigenvalue weighted by atomic mass is 32.1. The molecule has 5 nitrogen and oxygen atoms in total. The molecule has 0 amide bonds. The van der Waals surface area contributed by atoms with Gasteiger partial charge in [0.15, 0.2) is 5.96 Å². The van der Waals surface area contributed by atoms with Crippen molar-refractivity contribution in [2.75, 3.05) is 39.8 Å². The van der Waals surface area contributed by atoms with E-state index in [4.69, 9.17) is 0 Å². The number of rotatable bonds is 4. The Balaban J connectivity index is 1.44. The molecule has 1 aliphatic heterocycles. The van der Waals surface area contributed by atoms with Gasteiger partial charge in [0.25, 0.3) is 0 Å². The Morgan fingerprint density at radius 1 is 1.36 bits per heavy atom. The zero-order valence-electron chi connectivity index (χ0n) is 13.3. The van der Waals surface area contributed by atoms with Gasteiger partial charge in [-0.3, -0.25) is 9.89 Å². The van der Waals surface area contributed by atoms with Gasteiger partial charge >= 0.3 is 0 Å². The fourth-order valence-corrected chi connectivity index (χ4v) is 3.82. The fraction of sp³-hybridized carbons (Fsp3) is 0.688. The third-order valence-electron chi connectivity index (χ3n) is 4.70. The van der Waals surface area contributed by atoms with Crippen LogP contribution in [0.15, 0.2) is 22.5 Å². The number of hydrogen-bond donors (Lipinski definition) is 2. The van der Waals surface area contributed by atoms with Gasteiger partial charge in [0, 0.05) is 51.2 Å². The lowest BCUT2D eigenvalue weighted by Gasteiger charge is -2.40. The van der Waals surface area contributed by atoms with Crippen molar-refractivity contribution < 1.29 is 5.11 Å². The van der Waals surface area contributed by atoms with Crippen molar-refractivity contribution in [3.63, 3.8) is 0 Å². The van der Waals surface area contributed by atoms with Crippen LogP contribution in [0.4, 0.5) is 0 Å². The number of guanidine groups is 1. The van der Waals surface area contributed by atoms with E-state index in [0.717, 1.165) is 57.9 Å². The summed E-state index contributed by atoms with van der Waals surface area (Å²) < 4.78 is 0. The lowest BCUT2D eigenvalue weighted by molar-refractivity contribution is -0.0284.